The van der Waals surface area contributed by atoms with Gasteiger partial charge in [-0.2, -0.15) is 0 Å². The molecule has 1 aliphatic rings. The average Bonchev–Trinajstić information content (AvgIpc) is 3.27. The summed E-state index contributed by atoms with van der Waals surface area (Å²) in [5.74, 6) is 1.13. The Morgan fingerprint density at radius 3 is 2.92 bits per heavy atom. The van der Waals surface area contributed by atoms with Crippen molar-refractivity contribution in [3.8, 4) is 0 Å². The van der Waals surface area contributed by atoms with Gasteiger partial charge in [-0.25, -0.2) is 4.98 Å². The summed E-state index contributed by atoms with van der Waals surface area (Å²) >= 11 is 0. The highest BCUT2D eigenvalue weighted by molar-refractivity contribution is 5.92. The van der Waals surface area contributed by atoms with E-state index in [2.05, 4.69) is 31.7 Å². The van der Waals surface area contributed by atoms with Gasteiger partial charge < -0.3 is 14.7 Å². The maximum Gasteiger partial charge on any atom is 0.246 e. The van der Waals surface area contributed by atoms with Crippen LogP contribution in [0.25, 0.3) is 0 Å². The highest BCUT2D eigenvalue weighted by Gasteiger charge is 2.22. The van der Waals surface area contributed by atoms with Crippen LogP contribution in [0.4, 0.5) is 17.4 Å². The van der Waals surface area contributed by atoms with Crippen molar-refractivity contribution in [2.75, 3.05) is 22.1 Å². The molecule has 2 aromatic heterocycles. The van der Waals surface area contributed by atoms with Crippen molar-refractivity contribution in [1.82, 2.24) is 10.1 Å². The fraction of sp³-hybridized carbons (Fsp3) is 0.211. The molecule has 4 rings (SSSR count). The fourth-order valence-electron chi connectivity index (χ4n) is 3.07. The number of fused-ring (bicyclic) bond motifs is 1. The van der Waals surface area contributed by atoms with Crippen molar-refractivity contribution in [2.45, 2.75) is 20.0 Å². The zero-order chi connectivity index (χ0) is 17.9. The second-order valence-corrected chi connectivity index (χ2v) is 6.22. The molecule has 1 aliphatic heterocycles. The molecule has 132 valence electrons. The van der Waals surface area contributed by atoms with Crippen LogP contribution in [0.2, 0.25) is 0 Å². The molecule has 0 radical (unpaired) electrons. The molecule has 0 atom stereocenters. The Balaban J connectivity index is 1.42. The van der Waals surface area contributed by atoms with E-state index < -0.39 is 0 Å². The van der Waals surface area contributed by atoms with Gasteiger partial charge in [-0.05, 0) is 36.2 Å². The minimum Gasteiger partial charge on any atom is -0.376 e. The number of aryl methyl sites for hydroxylation is 1. The topological polar surface area (TPSA) is 83.3 Å². The molecule has 7 nitrogen and oxygen atoms in total. The Morgan fingerprint density at radius 2 is 2.15 bits per heavy atom. The van der Waals surface area contributed by atoms with Crippen molar-refractivity contribution >= 4 is 23.3 Å². The molecule has 3 aromatic rings. The highest BCUT2D eigenvalue weighted by atomic mass is 16.5. The molecular formula is C19H19N5O2. The van der Waals surface area contributed by atoms with Crippen LogP contribution in [0.1, 0.15) is 16.8 Å². The Kier molecular flexibility index (Phi) is 4.27. The lowest BCUT2D eigenvalue weighted by Gasteiger charge is -2.16. The van der Waals surface area contributed by atoms with Crippen LogP contribution in [0.15, 0.2) is 53.2 Å². The number of hydrogen-bond donors (Lipinski definition) is 2. The quantitative estimate of drug-likeness (QED) is 0.737. The molecule has 0 aliphatic carbocycles. The second-order valence-electron chi connectivity index (χ2n) is 6.22. The standard InChI is InChI=1S/C19H19N5O2/c1-13-9-19(26-23-13)22-18(25)10-21-16-6-4-5-14-11-24(12-15(14)16)17-7-2-3-8-20-17/h2-9,21H,10-12H2,1H3,(H,22,25). The molecule has 26 heavy (non-hydrogen) atoms. The van der Waals surface area contributed by atoms with Gasteiger partial charge in [-0.15, -0.1) is 0 Å². The Labute approximate surface area is 151 Å². The first-order chi connectivity index (χ1) is 12.7. The number of rotatable bonds is 5. The van der Waals surface area contributed by atoms with Crippen LogP contribution in [0.5, 0.6) is 0 Å². The van der Waals surface area contributed by atoms with Gasteiger partial charge in [0.05, 0.1) is 12.2 Å². The van der Waals surface area contributed by atoms with Crippen LogP contribution < -0.4 is 15.5 Å². The second kappa shape index (κ2) is 6.87. The first-order valence-corrected chi connectivity index (χ1v) is 8.43. The monoisotopic (exact) mass is 349 g/mol. The molecule has 0 bridgehead atoms. The summed E-state index contributed by atoms with van der Waals surface area (Å²) < 4.78 is 5.00. The van der Waals surface area contributed by atoms with Gasteiger partial charge in [0.15, 0.2) is 0 Å². The molecule has 3 heterocycles. The van der Waals surface area contributed by atoms with E-state index >= 15 is 0 Å². The number of carbonyl (C=O) groups is 1. The number of benzene rings is 1. The van der Waals surface area contributed by atoms with Crippen molar-refractivity contribution in [2.24, 2.45) is 0 Å². The van der Waals surface area contributed by atoms with Crippen LogP contribution in [0.3, 0.4) is 0 Å². The van der Waals surface area contributed by atoms with Gasteiger partial charge in [0.1, 0.15) is 5.82 Å². The third-order valence-electron chi connectivity index (χ3n) is 4.29. The third kappa shape index (κ3) is 3.37. The zero-order valence-corrected chi connectivity index (χ0v) is 14.4. The fourth-order valence-corrected chi connectivity index (χ4v) is 3.07. The SMILES string of the molecule is Cc1cc(NC(=O)CNc2cccc3c2CN(c2ccccn2)C3)on1. The lowest BCUT2D eigenvalue weighted by atomic mass is 10.1. The summed E-state index contributed by atoms with van der Waals surface area (Å²) in [6.45, 7) is 3.53. The minimum absolute atomic E-state index is 0.153. The molecule has 1 amide bonds. The summed E-state index contributed by atoms with van der Waals surface area (Å²) in [4.78, 5) is 18.7. The number of nitrogens with zero attached hydrogens (tertiary/aromatic N) is 3. The maximum atomic E-state index is 12.1. The number of anilines is 3. The van der Waals surface area contributed by atoms with Gasteiger partial charge in [-0.1, -0.05) is 23.4 Å². The van der Waals surface area contributed by atoms with E-state index in [1.807, 2.05) is 30.3 Å². The minimum atomic E-state index is -0.182. The number of amides is 1. The molecule has 0 saturated carbocycles. The number of hydrogen-bond acceptors (Lipinski definition) is 6. The van der Waals surface area contributed by atoms with Gasteiger partial charge in [0.25, 0.3) is 0 Å². The van der Waals surface area contributed by atoms with Crippen LogP contribution >= 0.6 is 0 Å². The van der Waals surface area contributed by atoms with Crippen molar-refractivity contribution < 1.29 is 9.32 Å². The molecule has 7 heteroatoms. The molecule has 0 fully saturated rings. The summed E-state index contributed by atoms with van der Waals surface area (Å²) in [6, 6.07) is 13.7. The van der Waals surface area contributed by atoms with Crippen LogP contribution in [-0.2, 0) is 17.9 Å². The molecular weight excluding hydrogens is 330 g/mol. The van der Waals surface area contributed by atoms with Gasteiger partial charge >= 0.3 is 0 Å². The first-order valence-electron chi connectivity index (χ1n) is 8.43. The smallest absolute Gasteiger partial charge is 0.246 e. The largest absolute Gasteiger partial charge is 0.376 e. The molecule has 0 unspecified atom stereocenters. The third-order valence-corrected chi connectivity index (χ3v) is 4.29. The van der Waals surface area contributed by atoms with E-state index in [0.717, 1.165) is 30.3 Å². The normalized spacial score (nSPS) is 12.7. The van der Waals surface area contributed by atoms with Crippen LogP contribution in [-0.4, -0.2) is 22.6 Å². The molecule has 0 spiro atoms. The van der Waals surface area contributed by atoms with E-state index in [4.69, 9.17) is 4.52 Å². The Hall–Kier alpha value is -3.35. The predicted molar refractivity (Wildman–Crippen MR) is 98.9 cm³/mol. The van der Waals surface area contributed by atoms with E-state index in [9.17, 15) is 4.79 Å². The number of pyridine rings is 1. The van der Waals surface area contributed by atoms with Crippen molar-refractivity contribution in [1.29, 1.82) is 0 Å². The van der Waals surface area contributed by atoms with Gasteiger partial charge in [0, 0.05) is 31.0 Å². The Bertz CT molecular complexity index is 923. The Morgan fingerprint density at radius 1 is 1.23 bits per heavy atom. The van der Waals surface area contributed by atoms with Crippen LogP contribution in [0, 0.1) is 6.92 Å². The van der Waals surface area contributed by atoms with E-state index in [0.29, 0.717) is 5.88 Å². The summed E-state index contributed by atoms with van der Waals surface area (Å²) in [7, 11) is 0. The molecule has 1 aromatic carbocycles. The first kappa shape index (κ1) is 16.1. The summed E-state index contributed by atoms with van der Waals surface area (Å²) in [6.07, 6.45) is 1.80. The molecule has 0 saturated heterocycles. The van der Waals surface area contributed by atoms with E-state index in [1.54, 1.807) is 19.2 Å². The number of carbonyl (C=O) groups excluding carboxylic acids is 1. The van der Waals surface area contributed by atoms with Crippen molar-refractivity contribution in [3.05, 3.63) is 65.5 Å². The summed E-state index contributed by atoms with van der Waals surface area (Å²) in [5.41, 5.74) is 4.13. The number of aromatic nitrogens is 2. The zero-order valence-electron chi connectivity index (χ0n) is 14.4. The van der Waals surface area contributed by atoms with E-state index in [1.165, 1.54) is 11.1 Å². The van der Waals surface area contributed by atoms with Gasteiger partial charge in [-0.3, -0.25) is 10.1 Å². The lowest BCUT2D eigenvalue weighted by molar-refractivity contribution is -0.114. The van der Waals surface area contributed by atoms with Crippen molar-refractivity contribution in [3.63, 3.8) is 0 Å². The van der Waals surface area contributed by atoms with E-state index in [-0.39, 0.29) is 12.5 Å². The molecule has 2 N–H and O–H groups in total. The number of nitrogens with one attached hydrogen (secondary N) is 2. The lowest BCUT2D eigenvalue weighted by Crippen LogP contribution is -2.22. The highest BCUT2D eigenvalue weighted by Crippen LogP contribution is 2.31. The average molecular weight is 349 g/mol. The maximum absolute atomic E-state index is 12.1. The van der Waals surface area contributed by atoms with Gasteiger partial charge in [0.2, 0.25) is 11.8 Å². The predicted octanol–water partition coefficient (Wildman–Crippen LogP) is 2.95. The summed E-state index contributed by atoms with van der Waals surface area (Å²) in [5, 5.41) is 9.66.